The second-order valence-corrected chi connectivity index (χ2v) is 5.64. The summed E-state index contributed by atoms with van der Waals surface area (Å²) in [4.78, 5) is 0. The zero-order valence-electron chi connectivity index (χ0n) is 6.87. The third-order valence-corrected chi connectivity index (χ3v) is 5.02. The van der Waals surface area contributed by atoms with Gasteiger partial charge in [0.15, 0.2) is 0 Å². The molecule has 0 aliphatic heterocycles. The number of hydrogen-bond donors (Lipinski definition) is 0. The van der Waals surface area contributed by atoms with Gasteiger partial charge in [-0.3, -0.25) is 0 Å². The lowest BCUT2D eigenvalue weighted by Crippen LogP contribution is -1.96. The smallest absolute Gasteiger partial charge is 0.00258 e. The Balaban J connectivity index is 2.04. The van der Waals surface area contributed by atoms with Crippen LogP contribution in [-0.4, -0.2) is 0 Å². The van der Waals surface area contributed by atoms with E-state index < -0.39 is 0 Å². The van der Waals surface area contributed by atoms with Crippen molar-refractivity contribution < 1.29 is 0 Å². The van der Waals surface area contributed by atoms with Crippen molar-refractivity contribution in [3.8, 4) is 0 Å². The molecule has 0 bridgehead atoms. The minimum absolute atomic E-state index is 0.176. The summed E-state index contributed by atoms with van der Waals surface area (Å²) in [7, 11) is 0.176. The minimum atomic E-state index is 0.176. The molecule has 11 heavy (non-hydrogen) atoms. The lowest BCUT2D eigenvalue weighted by atomic mass is 10.0. The first-order valence-electron chi connectivity index (χ1n) is 4.59. The van der Waals surface area contributed by atoms with E-state index in [0.717, 1.165) is 5.66 Å². The van der Waals surface area contributed by atoms with Gasteiger partial charge in [-0.1, -0.05) is 31.4 Å². The summed E-state index contributed by atoms with van der Waals surface area (Å²) in [5.41, 5.74) is 1.04. The molecule has 0 aromatic carbocycles. The summed E-state index contributed by atoms with van der Waals surface area (Å²) in [5, 5.41) is 0. The first-order valence-corrected chi connectivity index (χ1v) is 6.14. The van der Waals surface area contributed by atoms with Crippen LogP contribution >= 0.6 is 7.53 Å². The Bertz CT molecular complexity index is 195. The molecule has 1 aromatic rings. The molecule has 2 rings (SSSR count). The van der Waals surface area contributed by atoms with Crippen molar-refractivity contribution >= 4 is 7.53 Å². The fourth-order valence-corrected chi connectivity index (χ4v) is 4.11. The van der Waals surface area contributed by atoms with E-state index in [-0.39, 0.29) is 7.53 Å². The molecule has 1 heteroatoms. The Morgan fingerprint density at radius 3 is 2.18 bits per heavy atom. The molecular weight excluding hydrogens is 151 g/mol. The van der Waals surface area contributed by atoms with E-state index in [1.165, 1.54) is 32.1 Å². The highest BCUT2D eigenvalue weighted by Gasteiger charge is 2.14. The number of rotatable bonds is 1. The van der Waals surface area contributed by atoms with Crippen LogP contribution in [0.3, 0.4) is 0 Å². The molecule has 0 saturated heterocycles. The van der Waals surface area contributed by atoms with E-state index in [1.54, 1.807) is 0 Å². The summed E-state index contributed by atoms with van der Waals surface area (Å²) in [5.74, 6) is 4.84. The van der Waals surface area contributed by atoms with Crippen LogP contribution in [-0.2, 0) is 0 Å². The molecule has 0 N–H and O–H groups in total. The van der Waals surface area contributed by atoms with Crippen molar-refractivity contribution in [2.45, 2.75) is 37.8 Å². The quantitative estimate of drug-likeness (QED) is 0.587. The van der Waals surface area contributed by atoms with E-state index in [0.29, 0.717) is 0 Å². The molecule has 0 spiro atoms. The molecule has 1 aliphatic rings. The lowest BCUT2D eigenvalue weighted by Gasteiger charge is -2.20. The zero-order valence-corrected chi connectivity index (χ0v) is 7.76. The van der Waals surface area contributed by atoms with Crippen molar-refractivity contribution in [3.63, 3.8) is 0 Å². The van der Waals surface area contributed by atoms with Gasteiger partial charge in [0.25, 0.3) is 0 Å². The van der Waals surface area contributed by atoms with Gasteiger partial charge in [0.2, 0.25) is 0 Å². The van der Waals surface area contributed by atoms with Gasteiger partial charge in [0, 0.05) is 0 Å². The normalized spacial score (nSPS) is 20.4. The van der Waals surface area contributed by atoms with E-state index in [4.69, 9.17) is 0 Å². The van der Waals surface area contributed by atoms with E-state index in [9.17, 15) is 0 Å². The summed E-state index contributed by atoms with van der Waals surface area (Å²) in [6, 6.07) is 4.45. The minimum Gasteiger partial charge on any atom is -0.122 e. The van der Waals surface area contributed by atoms with Crippen LogP contribution in [0.5, 0.6) is 0 Å². The van der Waals surface area contributed by atoms with Gasteiger partial charge in [-0.05, 0) is 30.1 Å². The standard InChI is InChI=1S/C10H15P/c1-2-6-10(7-3-1)11-8-4-5-9-11/h4-5,8-10H,1-3,6-7H2. The molecule has 0 unspecified atom stereocenters. The van der Waals surface area contributed by atoms with Gasteiger partial charge < -0.3 is 0 Å². The third kappa shape index (κ3) is 1.68. The molecule has 0 nitrogen and oxygen atoms in total. The summed E-state index contributed by atoms with van der Waals surface area (Å²) in [6.07, 6.45) is 7.41. The molecule has 1 saturated carbocycles. The highest BCUT2D eigenvalue weighted by atomic mass is 31.1. The predicted molar refractivity (Wildman–Crippen MR) is 51.3 cm³/mol. The summed E-state index contributed by atoms with van der Waals surface area (Å²) >= 11 is 0. The maximum Gasteiger partial charge on any atom is -0.00258 e. The van der Waals surface area contributed by atoms with Crippen LogP contribution in [0, 0.1) is 0 Å². The molecule has 0 atom stereocenters. The topological polar surface area (TPSA) is 0 Å². The zero-order chi connectivity index (χ0) is 7.52. The Morgan fingerprint density at radius 2 is 1.55 bits per heavy atom. The largest absolute Gasteiger partial charge is 0.122 e. The van der Waals surface area contributed by atoms with E-state index in [2.05, 4.69) is 23.7 Å². The van der Waals surface area contributed by atoms with Crippen LogP contribution < -0.4 is 0 Å². The molecule has 1 heterocycles. The Morgan fingerprint density at radius 1 is 0.909 bits per heavy atom. The Kier molecular flexibility index (Phi) is 2.33. The third-order valence-electron chi connectivity index (χ3n) is 2.62. The van der Waals surface area contributed by atoms with Crippen LogP contribution in [0.4, 0.5) is 0 Å². The van der Waals surface area contributed by atoms with Gasteiger partial charge in [-0.2, -0.15) is 0 Å². The maximum atomic E-state index is 2.42. The average Bonchev–Trinajstić information content (AvgIpc) is 2.58. The van der Waals surface area contributed by atoms with Crippen LogP contribution in [0.15, 0.2) is 23.7 Å². The van der Waals surface area contributed by atoms with Crippen molar-refractivity contribution in [2.24, 2.45) is 0 Å². The Labute approximate surface area is 69.7 Å². The highest BCUT2D eigenvalue weighted by Crippen LogP contribution is 2.47. The van der Waals surface area contributed by atoms with E-state index >= 15 is 0 Å². The van der Waals surface area contributed by atoms with Crippen LogP contribution in [0.25, 0.3) is 0 Å². The molecule has 60 valence electrons. The van der Waals surface area contributed by atoms with Crippen molar-refractivity contribution in [1.29, 1.82) is 0 Å². The fraction of sp³-hybridized carbons (Fsp3) is 0.600. The molecule has 1 aliphatic carbocycles. The molecule has 1 fully saturated rings. The van der Waals surface area contributed by atoms with Gasteiger partial charge in [0.1, 0.15) is 0 Å². The SMILES string of the molecule is c1ccp(C2CCCCC2)c1. The monoisotopic (exact) mass is 166 g/mol. The Hall–Kier alpha value is -0.220. The van der Waals surface area contributed by atoms with Crippen molar-refractivity contribution in [3.05, 3.63) is 23.7 Å². The fourth-order valence-electron chi connectivity index (χ4n) is 1.97. The first-order chi connectivity index (χ1) is 5.47. The molecule has 1 aromatic heterocycles. The molecular formula is C10H15P. The van der Waals surface area contributed by atoms with Gasteiger partial charge in [0.05, 0.1) is 0 Å². The van der Waals surface area contributed by atoms with Crippen molar-refractivity contribution in [1.82, 2.24) is 0 Å². The lowest BCUT2D eigenvalue weighted by molar-refractivity contribution is 0.488. The highest BCUT2D eigenvalue weighted by molar-refractivity contribution is 7.48. The van der Waals surface area contributed by atoms with Crippen LogP contribution in [0.1, 0.15) is 37.8 Å². The second-order valence-electron chi connectivity index (χ2n) is 3.42. The summed E-state index contributed by atoms with van der Waals surface area (Å²) < 4.78 is 0. The second kappa shape index (κ2) is 3.45. The summed E-state index contributed by atoms with van der Waals surface area (Å²) in [6.45, 7) is 0. The predicted octanol–water partition coefficient (Wildman–Crippen LogP) is 4.18. The van der Waals surface area contributed by atoms with Gasteiger partial charge >= 0.3 is 0 Å². The molecule has 0 radical (unpaired) electrons. The van der Waals surface area contributed by atoms with Gasteiger partial charge in [-0.25, -0.2) is 0 Å². The first kappa shape index (κ1) is 7.43. The number of hydrogen-bond acceptors (Lipinski definition) is 0. The maximum absolute atomic E-state index is 2.42. The van der Waals surface area contributed by atoms with Crippen LogP contribution in [0.2, 0.25) is 0 Å². The average molecular weight is 166 g/mol. The van der Waals surface area contributed by atoms with Crippen molar-refractivity contribution in [2.75, 3.05) is 0 Å². The molecule has 0 amide bonds. The van der Waals surface area contributed by atoms with Gasteiger partial charge in [-0.15, -0.1) is 7.53 Å². The van der Waals surface area contributed by atoms with E-state index in [1.807, 2.05) is 0 Å².